The van der Waals surface area contributed by atoms with E-state index < -0.39 is 16.9 Å². The number of carbonyl (C=O) groups excluding carboxylic acids is 2. The summed E-state index contributed by atoms with van der Waals surface area (Å²) in [4.78, 5) is 34.2. The summed E-state index contributed by atoms with van der Waals surface area (Å²) in [5.74, 6) is -1.39. The maximum atomic E-state index is 12.1. The second kappa shape index (κ2) is 7.72. The van der Waals surface area contributed by atoms with Gasteiger partial charge in [0.2, 0.25) is 0 Å². The van der Waals surface area contributed by atoms with Gasteiger partial charge in [0.25, 0.3) is 5.69 Å². The van der Waals surface area contributed by atoms with Crippen LogP contribution in [-0.4, -0.2) is 30.1 Å². The summed E-state index contributed by atoms with van der Waals surface area (Å²) in [6, 6.07) is 6.31. The van der Waals surface area contributed by atoms with E-state index in [1.165, 1.54) is 18.2 Å². The first-order chi connectivity index (χ1) is 11.5. The Hall–Kier alpha value is -2.70. The number of rotatable bonds is 7. The van der Waals surface area contributed by atoms with Crippen molar-refractivity contribution in [2.45, 2.75) is 26.2 Å². The van der Waals surface area contributed by atoms with Gasteiger partial charge in [-0.3, -0.25) is 10.1 Å². The molecule has 7 nitrogen and oxygen atoms in total. The van der Waals surface area contributed by atoms with Crippen LogP contribution in [0.15, 0.2) is 35.9 Å². The van der Waals surface area contributed by atoms with Crippen molar-refractivity contribution >= 4 is 17.6 Å². The molecule has 0 radical (unpaired) electrons. The van der Waals surface area contributed by atoms with E-state index in [0.29, 0.717) is 6.42 Å². The first kappa shape index (κ1) is 17.7. The molecule has 0 aliphatic heterocycles. The van der Waals surface area contributed by atoms with Gasteiger partial charge in [-0.1, -0.05) is 12.1 Å². The molecule has 7 heteroatoms. The topological polar surface area (TPSA) is 95.7 Å². The highest BCUT2D eigenvalue weighted by Gasteiger charge is 2.44. The number of carbonyl (C=O) groups is 2. The second-order valence-corrected chi connectivity index (χ2v) is 5.37. The van der Waals surface area contributed by atoms with E-state index >= 15 is 0 Å². The van der Waals surface area contributed by atoms with E-state index in [9.17, 15) is 19.7 Å². The fourth-order valence-electron chi connectivity index (χ4n) is 2.62. The largest absolute Gasteiger partial charge is 0.463 e. The SMILES string of the molecule is CCOC(=O)/C=C(\C(=O)OCC)[C@@H]1C[C@@H]1c1cccc([N+](=O)[O-])c1. The Labute approximate surface area is 139 Å². The van der Waals surface area contributed by atoms with E-state index in [1.54, 1.807) is 26.0 Å². The molecule has 128 valence electrons. The number of nitrogens with zero attached hydrogens (tertiary/aromatic N) is 1. The van der Waals surface area contributed by atoms with Crippen molar-refractivity contribution in [3.8, 4) is 0 Å². The number of non-ortho nitro benzene ring substituents is 1. The Morgan fingerprint density at radius 3 is 2.62 bits per heavy atom. The van der Waals surface area contributed by atoms with Crippen LogP contribution in [0.5, 0.6) is 0 Å². The Morgan fingerprint density at radius 1 is 1.29 bits per heavy atom. The van der Waals surface area contributed by atoms with E-state index in [-0.39, 0.29) is 36.3 Å². The molecule has 24 heavy (non-hydrogen) atoms. The number of hydrogen-bond acceptors (Lipinski definition) is 6. The number of hydrogen-bond donors (Lipinski definition) is 0. The summed E-state index contributed by atoms with van der Waals surface area (Å²) in [6.45, 7) is 3.78. The molecule has 0 saturated heterocycles. The molecule has 2 atom stereocenters. The van der Waals surface area contributed by atoms with Crippen LogP contribution in [0.4, 0.5) is 5.69 Å². The lowest BCUT2D eigenvalue weighted by molar-refractivity contribution is -0.384. The van der Waals surface area contributed by atoms with Crippen LogP contribution in [0.2, 0.25) is 0 Å². The lowest BCUT2D eigenvalue weighted by atomic mass is 10.0. The van der Waals surface area contributed by atoms with Crippen LogP contribution in [-0.2, 0) is 19.1 Å². The zero-order valence-corrected chi connectivity index (χ0v) is 13.6. The monoisotopic (exact) mass is 333 g/mol. The van der Waals surface area contributed by atoms with Crippen molar-refractivity contribution in [3.05, 3.63) is 51.6 Å². The molecule has 0 N–H and O–H groups in total. The minimum Gasteiger partial charge on any atom is -0.463 e. The first-order valence-electron chi connectivity index (χ1n) is 7.77. The zero-order chi connectivity index (χ0) is 17.7. The lowest BCUT2D eigenvalue weighted by Gasteiger charge is -2.07. The molecule has 0 unspecified atom stereocenters. The Balaban J connectivity index is 2.21. The number of benzene rings is 1. The molecular weight excluding hydrogens is 314 g/mol. The smallest absolute Gasteiger partial charge is 0.334 e. The standard InChI is InChI=1S/C17H19NO6/c1-3-23-16(19)10-15(17(20)24-4-2)14-9-13(14)11-6-5-7-12(8-11)18(21)22/h5-8,10,13-14H,3-4,9H2,1-2H3/b15-10-/t13-,14-/m1/s1. The van der Waals surface area contributed by atoms with Gasteiger partial charge in [0.05, 0.1) is 18.1 Å². The van der Waals surface area contributed by atoms with E-state index in [2.05, 4.69) is 0 Å². The van der Waals surface area contributed by atoms with Crippen LogP contribution < -0.4 is 0 Å². The van der Waals surface area contributed by atoms with Gasteiger partial charge in [0, 0.05) is 23.8 Å². The first-order valence-corrected chi connectivity index (χ1v) is 7.77. The fraction of sp³-hybridized carbons (Fsp3) is 0.412. The van der Waals surface area contributed by atoms with Crippen molar-refractivity contribution in [2.24, 2.45) is 5.92 Å². The highest BCUT2D eigenvalue weighted by atomic mass is 16.6. The average molecular weight is 333 g/mol. The third kappa shape index (κ3) is 4.18. The molecule has 1 aliphatic rings. The predicted octanol–water partition coefficient (Wildman–Crippen LogP) is 2.75. The van der Waals surface area contributed by atoms with E-state index in [1.807, 2.05) is 0 Å². The van der Waals surface area contributed by atoms with Gasteiger partial charge in [0.1, 0.15) is 0 Å². The van der Waals surface area contributed by atoms with Gasteiger partial charge in [-0.2, -0.15) is 0 Å². The number of esters is 2. The second-order valence-electron chi connectivity index (χ2n) is 5.37. The molecule has 1 aromatic carbocycles. The quantitative estimate of drug-likeness (QED) is 0.329. The normalized spacial score (nSPS) is 19.5. The van der Waals surface area contributed by atoms with Crippen LogP contribution in [0.25, 0.3) is 0 Å². The number of nitro benzene ring substituents is 1. The Kier molecular flexibility index (Phi) is 5.68. The van der Waals surface area contributed by atoms with Crippen molar-refractivity contribution in [2.75, 3.05) is 13.2 Å². The van der Waals surface area contributed by atoms with Crippen LogP contribution >= 0.6 is 0 Å². The summed E-state index contributed by atoms with van der Waals surface area (Å²) >= 11 is 0. The predicted molar refractivity (Wildman–Crippen MR) is 85.3 cm³/mol. The van der Waals surface area contributed by atoms with Gasteiger partial charge in [0.15, 0.2) is 0 Å². The summed E-state index contributed by atoms with van der Waals surface area (Å²) in [5.41, 5.74) is 1.03. The molecule has 2 rings (SSSR count). The zero-order valence-electron chi connectivity index (χ0n) is 13.6. The maximum absolute atomic E-state index is 12.1. The summed E-state index contributed by atoms with van der Waals surface area (Å²) in [6.07, 6.45) is 1.80. The lowest BCUT2D eigenvalue weighted by Crippen LogP contribution is -2.13. The molecular formula is C17H19NO6. The number of nitro groups is 1. The Bertz CT molecular complexity index is 681. The summed E-state index contributed by atoms with van der Waals surface area (Å²) in [7, 11) is 0. The third-order valence-corrected chi connectivity index (χ3v) is 3.77. The highest BCUT2D eigenvalue weighted by Crippen LogP contribution is 2.52. The average Bonchev–Trinajstić information content (AvgIpc) is 3.33. The highest BCUT2D eigenvalue weighted by molar-refractivity contribution is 5.97. The molecule has 1 aliphatic carbocycles. The van der Waals surface area contributed by atoms with Gasteiger partial charge < -0.3 is 9.47 Å². The minimum atomic E-state index is -0.592. The van der Waals surface area contributed by atoms with E-state index in [4.69, 9.17) is 9.47 Å². The van der Waals surface area contributed by atoms with Gasteiger partial charge in [-0.15, -0.1) is 0 Å². The molecule has 0 heterocycles. The molecule has 0 bridgehead atoms. The Morgan fingerprint density at radius 2 is 2.00 bits per heavy atom. The third-order valence-electron chi connectivity index (χ3n) is 3.77. The van der Waals surface area contributed by atoms with Gasteiger partial charge >= 0.3 is 11.9 Å². The minimum absolute atomic E-state index is 0.00482. The van der Waals surface area contributed by atoms with Crippen molar-refractivity contribution < 1.29 is 24.0 Å². The molecule has 0 aromatic heterocycles. The van der Waals surface area contributed by atoms with Gasteiger partial charge in [-0.25, -0.2) is 9.59 Å². The maximum Gasteiger partial charge on any atom is 0.334 e. The summed E-state index contributed by atoms with van der Waals surface area (Å²) in [5, 5.41) is 10.9. The van der Waals surface area contributed by atoms with Crippen LogP contribution in [0, 0.1) is 16.0 Å². The van der Waals surface area contributed by atoms with E-state index in [0.717, 1.165) is 5.56 Å². The molecule has 1 saturated carbocycles. The van der Waals surface area contributed by atoms with Gasteiger partial charge in [-0.05, 0) is 37.7 Å². The molecule has 1 fully saturated rings. The molecule has 1 aromatic rings. The fourth-order valence-corrected chi connectivity index (χ4v) is 2.62. The van der Waals surface area contributed by atoms with Crippen molar-refractivity contribution in [1.82, 2.24) is 0 Å². The van der Waals surface area contributed by atoms with Crippen molar-refractivity contribution in [1.29, 1.82) is 0 Å². The van der Waals surface area contributed by atoms with Crippen LogP contribution in [0.3, 0.4) is 0 Å². The van der Waals surface area contributed by atoms with Crippen molar-refractivity contribution in [3.63, 3.8) is 0 Å². The molecule has 0 amide bonds. The molecule has 0 spiro atoms. The van der Waals surface area contributed by atoms with Crippen LogP contribution in [0.1, 0.15) is 31.7 Å². The number of ether oxygens (including phenoxy) is 2. The summed E-state index contributed by atoms with van der Waals surface area (Å²) < 4.78 is 9.87.